The summed E-state index contributed by atoms with van der Waals surface area (Å²) in [4.78, 5) is 19.6. The number of morpholine rings is 1. The number of hydrogen-bond acceptors (Lipinski definition) is 3. The number of nitrogens with zero attached hydrogens (tertiary/aromatic N) is 2. The molecule has 122 valence electrons. The van der Waals surface area contributed by atoms with E-state index in [9.17, 15) is 4.79 Å². The van der Waals surface area contributed by atoms with Crippen molar-refractivity contribution in [2.75, 3.05) is 45.9 Å². The fourth-order valence-corrected chi connectivity index (χ4v) is 3.47. The minimum Gasteiger partial charge on any atom is -0.379 e. The maximum Gasteiger partial charge on any atom is 0.270 e. The third kappa shape index (κ3) is 3.77. The molecule has 22 heavy (non-hydrogen) atoms. The fraction of sp³-hybridized carbons (Fsp3) is 0.667. The molecule has 2 fully saturated rings. The Balaban J connectivity index is 1.49. The summed E-state index contributed by atoms with van der Waals surface area (Å²) in [5.74, 6) is 0.650. The zero-order valence-corrected chi connectivity index (χ0v) is 14.0. The van der Waals surface area contributed by atoms with Crippen molar-refractivity contribution >= 4 is 29.1 Å². The van der Waals surface area contributed by atoms with E-state index in [1.54, 1.807) is 6.07 Å². The lowest BCUT2D eigenvalue weighted by atomic mass is 9.96. The van der Waals surface area contributed by atoms with Crippen LogP contribution in [0.15, 0.2) is 6.07 Å². The highest BCUT2D eigenvalue weighted by Crippen LogP contribution is 2.25. The number of H-pyrrole nitrogens is 1. The Morgan fingerprint density at radius 2 is 1.91 bits per heavy atom. The lowest BCUT2D eigenvalue weighted by Gasteiger charge is -2.35. The van der Waals surface area contributed by atoms with E-state index in [4.69, 9.17) is 27.9 Å². The van der Waals surface area contributed by atoms with Crippen LogP contribution in [-0.2, 0) is 4.74 Å². The van der Waals surface area contributed by atoms with Crippen LogP contribution in [0.4, 0.5) is 0 Å². The van der Waals surface area contributed by atoms with Crippen molar-refractivity contribution in [1.29, 1.82) is 0 Å². The van der Waals surface area contributed by atoms with Crippen LogP contribution in [0.1, 0.15) is 23.3 Å². The van der Waals surface area contributed by atoms with E-state index in [0.29, 0.717) is 21.8 Å². The molecule has 1 N–H and O–H groups in total. The number of halogens is 2. The van der Waals surface area contributed by atoms with E-state index in [1.807, 2.05) is 4.90 Å². The van der Waals surface area contributed by atoms with E-state index in [0.717, 1.165) is 58.8 Å². The summed E-state index contributed by atoms with van der Waals surface area (Å²) in [6.45, 7) is 6.43. The highest BCUT2D eigenvalue weighted by atomic mass is 35.5. The second-order valence-corrected chi connectivity index (χ2v) is 6.78. The molecule has 0 bridgehead atoms. The number of aromatic amines is 1. The van der Waals surface area contributed by atoms with Gasteiger partial charge >= 0.3 is 0 Å². The van der Waals surface area contributed by atoms with Gasteiger partial charge in [0.1, 0.15) is 10.8 Å². The van der Waals surface area contributed by atoms with Crippen molar-refractivity contribution in [1.82, 2.24) is 14.8 Å². The van der Waals surface area contributed by atoms with Crippen LogP contribution < -0.4 is 0 Å². The molecule has 0 radical (unpaired) electrons. The van der Waals surface area contributed by atoms with Crippen molar-refractivity contribution in [3.8, 4) is 0 Å². The normalized spacial score (nSPS) is 21.3. The number of carbonyl (C=O) groups excluding carboxylic acids is 1. The molecule has 1 aromatic heterocycles. The molecule has 5 nitrogen and oxygen atoms in total. The number of piperidine rings is 1. The quantitative estimate of drug-likeness (QED) is 0.915. The van der Waals surface area contributed by atoms with E-state index in [1.165, 1.54) is 0 Å². The molecule has 2 aliphatic heterocycles. The summed E-state index contributed by atoms with van der Waals surface area (Å²) in [6.07, 6.45) is 2.09. The average molecular weight is 346 g/mol. The lowest BCUT2D eigenvalue weighted by Crippen LogP contribution is -2.44. The third-order valence-electron chi connectivity index (χ3n) is 4.48. The molecule has 2 aliphatic rings. The summed E-state index contributed by atoms with van der Waals surface area (Å²) in [6, 6.07) is 1.60. The molecule has 0 saturated carbocycles. The number of ether oxygens (including phenoxy) is 1. The van der Waals surface area contributed by atoms with E-state index >= 15 is 0 Å². The van der Waals surface area contributed by atoms with Crippen LogP contribution in [0.2, 0.25) is 10.2 Å². The predicted molar refractivity (Wildman–Crippen MR) is 86.7 cm³/mol. The van der Waals surface area contributed by atoms with Crippen LogP contribution in [0.3, 0.4) is 0 Å². The molecule has 7 heteroatoms. The third-order valence-corrected chi connectivity index (χ3v) is 5.17. The molecule has 0 unspecified atom stereocenters. The molecule has 2 saturated heterocycles. The average Bonchev–Trinajstić information content (AvgIpc) is 2.88. The van der Waals surface area contributed by atoms with Gasteiger partial charge in [0.15, 0.2) is 0 Å². The van der Waals surface area contributed by atoms with Gasteiger partial charge in [-0.3, -0.25) is 9.69 Å². The van der Waals surface area contributed by atoms with Crippen LogP contribution in [-0.4, -0.2) is 66.6 Å². The van der Waals surface area contributed by atoms with Crippen LogP contribution >= 0.6 is 23.2 Å². The van der Waals surface area contributed by atoms with Gasteiger partial charge in [0, 0.05) is 32.7 Å². The van der Waals surface area contributed by atoms with Gasteiger partial charge in [0.2, 0.25) is 0 Å². The summed E-state index contributed by atoms with van der Waals surface area (Å²) >= 11 is 11.8. The first kappa shape index (κ1) is 16.1. The van der Waals surface area contributed by atoms with Crippen molar-refractivity contribution in [2.45, 2.75) is 12.8 Å². The Labute approximate surface area is 140 Å². The molecule has 0 spiro atoms. The molecule has 1 aromatic rings. The summed E-state index contributed by atoms with van der Waals surface area (Å²) in [7, 11) is 0. The monoisotopic (exact) mass is 345 g/mol. The lowest BCUT2D eigenvalue weighted by molar-refractivity contribution is 0.0242. The number of likely N-dealkylation sites (tertiary alicyclic amines) is 1. The van der Waals surface area contributed by atoms with Gasteiger partial charge in [-0.1, -0.05) is 23.2 Å². The molecule has 3 rings (SSSR count). The largest absolute Gasteiger partial charge is 0.379 e. The number of nitrogens with one attached hydrogen (secondary N) is 1. The highest BCUT2D eigenvalue weighted by Gasteiger charge is 2.26. The number of hydrogen-bond donors (Lipinski definition) is 1. The Bertz CT molecular complexity index is 501. The molecule has 0 atom stereocenters. The Hall–Kier alpha value is -0.750. The van der Waals surface area contributed by atoms with E-state index in [-0.39, 0.29) is 5.91 Å². The van der Waals surface area contributed by atoms with Gasteiger partial charge < -0.3 is 14.6 Å². The second-order valence-electron chi connectivity index (χ2n) is 5.99. The number of carbonyl (C=O) groups is 1. The topological polar surface area (TPSA) is 48.6 Å². The molecule has 0 aromatic carbocycles. The van der Waals surface area contributed by atoms with Gasteiger partial charge in [0.05, 0.1) is 18.2 Å². The van der Waals surface area contributed by atoms with E-state index in [2.05, 4.69) is 9.88 Å². The summed E-state index contributed by atoms with van der Waals surface area (Å²) in [5.41, 5.74) is 0.474. The molecule has 0 aliphatic carbocycles. The standard InChI is InChI=1S/C15H21Cl2N3O2/c16-12-9-13(18-14(12)17)15(21)20-3-1-11(2-4-20)10-19-5-7-22-8-6-19/h9,11,18H,1-8,10H2. The van der Waals surface area contributed by atoms with Gasteiger partial charge in [-0.25, -0.2) is 0 Å². The van der Waals surface area contributed by atoms with Crippen molar-refractivity contribution in [2.24, 2.45) is 5.92 Å². The Morgan fingerprint density at radius 1 is 1.23 bits per heavy atom. The minimum atomic E-state index is -0.0152. The first-order chi connectivity index (χ1) is 10.6. The smallest absolute Gasteiger partial charge is 0.270 e. The molecule has 1 amide bonds. The molecule has 3 heterocycles. The molecular weight excluding hydrogens is 325 g/mol. The van der Waals surface area contributed by atoms with Gasteiger partial charge in [-0.15, -0.1) is 0 Å². The van der Waals surface area contributed by atoms with Gasteiger partial charge in [-0.2, -0.15) is 0 Å². The SMILES string of the molecule is O=C(c1cc(Cl)c(Cl)[nH]1)N1CCC(CN2CCOCC2)CC1. The van der Waals surface area contributed by atoms with Crippen molar-refractivity contribution < 1.29 is 9.53 Å². The minimum absolute atomic E-state index is 0.0152. The Morgan fingerprint density at radius 3 is 2.50 bits per heavy atom. The number of aromatic nitrogens is 1. The molecular formula is C15H21Cl2N3O2. The maximum atomic E-state index is 12.4. The predicted octanol–water partition coefficient (Wildman–Crippen LogP) is 2.51. The van der Waals surface area contributed by atoms with Crippen LogP contribution in [0.25, 0.3) is 0 Å². The zero-order chi connectivity index (χ0) is 15.5. The highest BCUT2D eigenvalue weighted by molar-refractivity contribution is 6.41. The summed E-state index contributed by atoms with van der Waals surface area (Å²) < 4.78 is 5.38. The van der Waals surface area contributed by atoms with Crippen LogP contribution in [0, 0.1) is 5.92 Å². The fourth-order valence-electron chi connectivity index (χ4n) is 3.16. The van der Waals surface area contributed by atoms with Crippen molar-refractivity contribution in [3.05, 3.63) is 21.9 Å². The van der Waals surface area contributed by atoms with Crippen LogP contribution in [0.5, 0.6) is 0 Å². The van der Waals surface area contributed by atoms with Gasteiger partial charge in [-0.05, 0) is 24.8 Å². The zero-order valence-electron chi connectivity index (χ0n) is 12.5. The first-order valence-corrected chi connectivity index (χ1v) is 8.52. The summed E-state index contributed by atoms with van der Waals surface area (Å²) in [5, 5.41) is 0.722. The van der Waals surface area contributed by atoms with Crippen molar-refractivity contribution in [3.63, 3.8) is 0 Å². The Kier molecular flexibility index (Phi) is 5.29. The van der Waals surface area contributed by atoms with Gasteiger partial charge in [0.25, 0.3) is 5.91 Å². The van der Waals surface area contributed by atoms with E-state index < -0.39 is 0 Å². The number of amides is 1. The first-order valence-electron chi connectivity index (χ1n) is 7.77. The second kappa shape index (κ2) is 7.21. The maximum absolute atomic E-state index is 12.4. The number of rotatable bonds is 3.